The summed E-state index contributed by atoms with van der Waals surface area (Å²) in [4.78, 5) is 27.8. The van der Waals surface area contributed by atoms with Crippen LogP contribution in [0.25, 0.3) is 0 Å². The predicted molar refractivity (Wildman–Crippen MR) is 96.6 cm³/mol. The Balaban J connectivity index is 1.47. The standard InChI is InChI=1S/C19H21NO4S/c1-13-7-9-18(25-13)15(21)8-10-19(22)20(2)11-14-12-23-16-5-3-4-6-17(16)24-14/h3-7,9,14H,8,10-12H2,1-2H3/t14-/m1/s1. The Kier molecular flexibility index (Phi) is 5.38. The Morgan fingerprint density at radius 2 is 1.92 bits per heavy atom. The predicted octanol–water partition coefficient (Wildman–Crippen LogP) is 3.32. The molecule has 1 aromatic carbocycles. The third-order valence-corrected chi connectivity index (χ3v) is 5.09. The van der Waals surface area contributed by atoms with Crippen LogP contribution >= 0.6 is 11.3 Å². The number of hydrogen-bond donors (Lipinski definition) is 0. The summed E-state index contributed by atoms with van der Waals surface area (Å²) < 4.78 is 11.5. The number of para-hydroxylation sites is 2. The van der Waals surface area contributed by atoms with Crippen molar-refractivity contribution >= 4 is 23.0 Å². The third-order valence-electron chi connectivity index (χ3n) is 4.05. The lowest BCUT2D eigenvalue weighted by atomic mass is 10.1. The average molecular weight is 359 g/mol. The van der Waals surface area contributed by atoms with Gasteiger partial charge in [0.05, 0.1) is 11.4 Å². The zero-order chi connectivity index (χ0) is 17.8. The lowest BCUT2D eigenvalue weighted by molar-refractivity contribution is -0.131. The van der Waals surface area contributed by atoms with Crippen molar-refractivity contribution < 1.29 is 19.1 Å². The highest BCUT2D eigenvalue weighted by atomic mass is 32.1. The van der Waals surface area contributed by atoms with Gasteiger partial charge >= 0.3 is 0 Å². The van der Waals surface area contributed by atoms with Crippen LogP contribution in [0.2, 0.25) is 0 Å². The van der Waals surface area contributed by atoms with Crippen LogP contribution in [0.3, 0.4) is 0 Å². The number of aryl methyl sites for hydroxylation is 1. The molecule has 6 heteroatoms. The van der Waals surface area contributed by atoms with E-state index in [9.17, 15) is 9.59 Å². The van der Waals surface area contributed by atoms with Crippen molar-refractivity contribution in [2.45, 2.75) is 25.9 Å². The van der Waals surface area contributed by atoms with Crippen molar-refractivity contribution in [1.29, 1.82) is 0 Å². The normalized spacial score (nSPS) is 15.7. The number of rotatable bonds is 6. The summed E-state index contributed by atoms with van der Waals surface area (Å²) in [5.41, 5.74) is 0. The van der Waals surface area contributed by atoms with Crippen molar-refractivity contribution in [3.63, 3.8) is 0 Å². The summed E-state index contributed by atoms with van der Waals surface area (Å²) >= 11 is 1.47. The summed E-state index contributed by atoms with van der Waals surface area (Å²) in [6.45, 7) is 2.80. The molecule has 0 bridgehead atoms. The monoisotopic (exact) mass is 359 g/mol. The maximum atomic E-state index is 12.3. The second kappa shape index (κ2) is 7.70. The Labute approximate surface area is 151 Å². The molecule has 0 spiro atoms. The number of hydrogen-bond acceptors (Lipinski definition) is 5. The fourth-order valence-corrected chi connectivity index (χ4v) is 3.51. The van der Waals surface area contributed by atoms with E-state index in [1.54, 1.807) is 11.9 Å². The summed E-state index contributed by atoms with van der Waals surface area (Å²) in [6, 6.07) is 11.2. The maximum Gasteiger partial charge on any atom is 0.222 e. The second-order valence-electron chi connectivity index (χ2n) is 6.11. The number of amides is 1. The van der Waals surface area contributed by atoms with E-state index < -0.39 is 0 Å². The Morgan fingerprint density at radius 1 is 1.16 bits per heavy atom. The second-order valence-corrected chi connectivity index (χ2v) is 7.39. The molecule has 0 radical (unpaired) electrons. The minimum absolute atomic E-state index is 0.0195. The van der Waals surface area contributed by atoms with Crippen molar-refractivity contribution in [2.24, 2.45) is 0 Å². The summed E-state index contributed by atoms with van der Waals surface area (Å²) in [6.07, 6.45) is 0.226. The molecule has 5 nitrogen and oxygen atoms in total. The first-order valence-electron chi connectivity index (χ1n) is 8.25. The number of Topliss-reactive ketones (excluding diaryl/α,β-unsaturated/α-hetero) is 1. The summed E-state index contributed by atoms with van der Waals surface area (Å²) in [5, 5.41) is 0. The molecule has 3 rings (SSSR count). The number of benzene rings is 1. The van der Waals surface area contributed by atoms with Crippen LogP contribution < -0.4 is 9.47 Å². The van der Waals surface area contributed by atoms with Gasteiger partial charge in [-0.1, -0.05) is 12.1 Å². The molecule has 1 aliphatic rings. The summed E-state index contributed by atoms with van der Waals surface area (Å²) in [7, 11) is 1.73. The number of carbonyl (C=O) groups excluding carboxylic acids is 2. The topological polar surface area (TPSA) is 55.8 Å². The first-order chi connectivity index (χ1) is 12.0. The molecule has 1 amide bonds. The van der Waals surface area contributed by atoms with Crippen LogP contribution in [0.4, 0.5) is 0 Å². The van der Waals surface area contributed by atoms with E-state index in [4.69, 9.17) is 9.47 Å². The SMILES string of the molecule is Cc1ccc(C(=O)CCC(=O)N(C)C[C@@H]2COc3ccccc3O2)s1. The highest BCUT2D eigenvalue weighted by Crippen LogP contribution is 2.31. The van der Waals surface area contributed by atoms with Gasteiger partial charge in [-0.05, 0) is 31.2 Å². The van der Waals surface area contributed by atoms with Crippen molar-refractivity contribution in [1.82, 2.24) is 4.90 Å². The van der Waals surface area contributed by atoms with Crippen LogP contribution in [-0.4, -0.2) is 42.9 Å². The maximum absolute atomic E-state index is 12.3. The van der Waals surface area contributed by atoms with E-state index in [1.807, 2.05) is 43.3 Å². The van der Waals surface area contributed by atoms with Gasteiger partial charge in [0.2, 0.25) is 5.91 Å². The Bertz CT molecular complexity index is 770. The van der Waals surface area contributed by atoms with E-state index in [0.29, 0.717) is 23.8 Å². The molecule has 0 saturated carbocycles. The number of carbonyl (C=O) groups is 2. The minimum Gasteiger partial charge on any atom is -0.486 e. The molecule has 1 aliphatic heterocycles. The van der Waals surface area contributed by atoms with E-state index in [2.05, 4.69) is 0 Å². The smallest absolute Gasteiger partial charge is 0.222 e. The van der Waals surface area contributed by atoms with Gasteiger partial charge in [0.1, 0.15) is 6.61 Å². The number of likely N-dealkylation sites (N-methyl/N-ethyl adjacent to an activating group) is 1. The molecule has 0 unspecified atom stereocenters. The van der Waals surface area contributed by atoms with Crippen LogP contribution in [0.5, 0.6) is 11.5 Å². The van der Waals surface area contributed by atoms with Crippen molar-refractivity contribution in [2.75, 3.05) is 20.2 Å². The Morgan fingerprint density at radius 3 is 2.64 bits per heavy atom. The van der Waals surface area contributed by atoms with Crippen LogP contribution in [-0.2, 0) is 4.79 Å². The van der Waals surface area contributed by atoms with Gasteiger partial charge < -0.3 is 14.4 Å². The summed E-state index contributed by atoms with van der Waals surface area (Å²) in [5.74, 6) is 1.38. The molecule has 1 atom stereocenters. The lowest BCUT2D eigenvalue weighted by Gasteiger charge is -2.29. The van der Waals surface area contributed by atoms with Gasteiger partial charge in [0, 0.05) is 24.8 Å². The molecular formula is C19H21NO4S. The van der Waals surface area contributed by atoms with E-state index in [0.717, 1.165) is 10.6 Å². The number of thiophene rings is 1. The molecule has 25 heavy (non-hydrogen) atoms. The number of ether oxygens (including phenoxy) is 2. The first-order valence-corrected chi connectivity index (χ1v) is 9.06. The molecule has 0 fully saturated rings. The van der Waals surface area contributed by atoms with Gasteiger partial charge in [-0.25, -0.2) is 0 Å². The Hall–Kier alpha value is -2.34. The van der Waals surface area contributed by atoms with E-state index in [1.165, 1.54) is 11.3 Å². The van der Waals surface area contributed by atoms with Crippen molar-refractivity contribution in [3.8, 4) is 11.5 Å². The molecule has 1 aromatic heterocycles. The molecular weight excluding hydrogens is 338 g/mol. The highest BCUT2D eigenvalue weighted by Gasteiger charge is 2.24. The zero-order valence-corrected chi connectivity index (χ0v) is 15.2. The molecule has 0 aliphatic carbocycles. The van der Waals surface area contributed by atoms with Gasteiger partial charge in [0.15, 0.2) is 23.4 Å². The lowest BCUT2D eigenvalue weighted by Crippen LogP contribution is -2.41. The number of nitrogens with zero attached hydrogens (tertiary/aromatic N) is 1. The number of fused-ring (bicyclic) bond motifs is 1. The van der Waals surface area contributed by atoms with Gasteiger partial charge in [0.25, 0.3) is 0 Å². The van der Waals surface area contributed by atoms with Gasteiger partial charge in [-0.2, -0.15) is 0 Å². The number of ketones is 1. The van der Waals surface area contributed by atoms with Gasteiger partial charge in [-0.3, -0.25) is 9.59 Å². The molecule has 0 saturated heterocycles. The third kappa shape index (κ3) is 4.39. The molecule has 132 valence electrons. The minimum atomic E-state index is -0.209. The van der Waals surface area contributed by atoms with Crippen LogP contribution in [0.1, 0.15) is 27.4 Å². The molecule has 2 aromatic rings. The average Bonchev–Trinajstić information content (AvgIpc) is 3.05. The fraction of sp³-hybridized carbons (Fsp3) is 0.368. The van der Waals surface area contributed by atoms with E-state index in [-0.39, 0.29) is 30.6 Å². The van der Waals surface area contributed by atoms with Crippen LogP contribution in [0, 0.1) is 6.92 Å². The highest BCUT2D eigenvalue weighted by molar-refractivity contribution is 7.14. The molecule has 2 heterocycles. The first kappa shape index (κ1) is 17.5. The van der Waals surface area contributed by atoms with Crippen LogP contribution in [0.15, 0.2) is 36.4 Å². The van der Waals surface area contributed by atoms with Crippen molar-refractivity contribution in [3.05, 3.63) is 46.2 Å². The van der Waals surface area contributed by atoms with Gasteiger partial charge in [-0.15, -0.1) is 11.3 Å². The largest absolute Gasteiger partial charge is 0.486 e. The zero-order valence-electron chi connectivity index (χ0n) is 14.4. The van der Waals surface area contributed by atoms with E-state index >= 15 is 0 Å². The molecule has 0 N–H and O–H groups in total. The fourth-order valence-electron chi connectivity index (χ4n) is 2.68. The quantitative estimate of drug-likeness (QED) is 0.743.